The predicted molar refractivity (Wildman–Crippen MR) is 46.2 cm³/mol. The lowest BCUT2D eigenvalue weighted by molar-refractivity contribution is 0.191. The van der Waals surface area contributed by atoms with E-state index in [0.29, 0.717) is 0 Å². The van der Waals surface area contributed by atoms with Crippen molar-refractivity contribution < 1.29 is 14.6 Å². The first-order valence-electron chi connectivity index (χ1n) is 3.57. The summed E-state index contributed by atoms with van der Waals surface area (Å²) in [5, 5.41) is 8.70. The summed E-state index contributed by atoms with van der Waals surface area (Å²) in [6.07, 6.45) is 1.26. The number of rotatable bonds is 4. The Labute approximate surface area is 80.3 Å². The maximum absolute atomic E-state index is 8.52. The zero-order valence-electron chi connectivity index (χ0n) is 7.03. The average molecular weight is 205 g/mol. The van der Waals surface area contributed by atoms with Crippen LogP contribution in [-0.2, 0) is 0 Å². The second-order valence-electron chi connectivity index (χ2n) is 2.07. The average Bonchev–Trinajstić information content (AvgIpc) is 2.15. The number of ether oxygens (including phenoxy) is 2. The molecule has 0 aliphatic carbocycles. The van der Waals surface area contributed by atoms with Crippen molar-refractivity contribution >= 4 is 11.6 Å². The minimum Gasteiger partial charge on any atom is -0.489 e. The van der Waals surface area contributed by atoms with Crippen molar-refractivity contribution in [2.45, 2.75) is 0 Å². The van der Waals surface area contributed by atoms with Gasteiger partial charge in [-0.15, -0.1) is 0 Å². The van der Waals surface area contributed by atoms with Gasteiger partial charge in [0.15, 0.2) is 5.15 Å². The lowest BCUT2D eigenvalue weighted by Crippen LogP contribution is -2.05. The molecular formula is C7H9ClN2O3. The second-order valence-corrected chi connectivity index (χ2v) is 2.43. The van der Waals surface area contributed by atoms with Gasteiger partial charge in [0.1, 0.15) is 12.9 Å². The molecule has 6 heteroatoms. The lowest BCUT2D eigenvalue weighted by Gasteiger charge is -2.07. The van der Waals surface area contributed by atoms with Crippen molar-refractivity contribution in [3.63, 3.8) is 0 Å². The molecule has 0 amide bonds. The molecule has 0 fully saturated rings. The van der Waals surface area contributed by atoms with Gasteiger partial charge in [-0.1, -0.05) is 11.6 Å². The van der Waals surface area contributed by atoms with E-state index in [2.05, 4.69) is 9.97 Å². The van der Waals surface area contributed by atoms with Gasteiger partial charge < -0.3 is 14.6 Å². The van der Waals surface area contributed by atoms with Gasteiger partial charge in [0.05, 0.1) is 13.7 Å². The fourth-order valence-corrected chi connectivity index (χ4v) is 0.956. The molecule has 0 atom stereocenters. The van der Waals surface area contributed by atoms with E-state index in [1.807, 2.05) is 0 Å². The third kappa shape index (κ3) is 2.43. The molecule has 13 heavy (non-hydrogen) atoms. The van der Waals surface area contributed by atoms with Crippen LogP contribution in [0, 0.1) is 0 Å². The van der Waals surface area contributed by atoms with Crippen LogP contribution >= 0.6 is 11.6 Å². The van der Waals surface area contributed by atoms with Crippen LogP contribution < -0.4 is 9.47 Å². The quantitative estimate of drug-likeness (QED) is 0.724. The summed E-state index contributed by atoms with van der Waals surface area (Å²) < 4.78 is 9.96. The summed E-state index contributed by atoms with van der Waals surface area (Å²) in [6.45, 7) is 0.0501. The summed E-state index contributed by atoms with van der Waals surface area (Å²) in [5.41, 5.74) is 0. The van der Waals surface area contributed by atoms with Crippen LogP contribution in [-0.4, -0.2) is 35.4 Å². The van der Waals surface area contributed by atoms with E-state index in [1.165, 1.54) is 13.4 Å². The van der Waals surface area contributed by atoms with E-state index in [0.717, 1.165) is 0 Å². The predicted octanol–water partition coefficient (Wildman–Crippen LogP) is 0.510. The van der Waals surface area contributed by atoms with Crippen molar-refractivity contribution in [1.82, 2.24) is 9.97 Å². The highest BCUT2D eigenvalue weighted by Gasteiger charge is 2.10. The molecule has 5 nitrogen and oxygen atoms in total. The molecule has 0 aliphatic heterocycles. The summed E-state index contributed by atoms with van der Waals surface area (Å²) in [5.74, 6) is 0.508. The van der Waals surface area contributed by atoms with Crippen LogP contribution in [0.5, 0.6) is 11.6 Å². The zero-order chi connectivity index (χ0) is 9.68. The smallest absolute Gasteiger partial charge is 0.261 e. The minimum atomic E-state index is -0.0925. The number of halogens is 1. The Balaban J connectivity index is 2.85. The molecule has 0 saturated carbocycles. The van der Waals surface area contributed by atoms with E-state index >= 15 is 0 Å². The van der Waals surface area contributed by atoms with Crippen molar-refractivity contribution in [3.8, 4) is 11.6 Å². The first kappa shape index (κ1) is 10.0. The van der Waals surface area contributed by atoms with Crippen molar-refractivity contribution in [1.29, 1.82) is 0 Å². The molecule has 72 valence electrons. The molecule has 1 aromatic heterocycles. The Morgan fingerprint density at radius 3 is 2.92 bits per heavy atom. The van der Waals surface area contributed by atoms with Gasteiger partial charge in [-0.05, 0) is 0 Å². The van der Waals surface area contributed by atoms with Gasteiger partial charge in [-0.2, -0.15) is 4.98 Å². The van der Waals surface area contributed by atoms with E-state index < -0.39 is 0 Å². The summed E-state index contributed by atoms with van der Waals surface area (Å²) in [6, 6.07) is 0. The Morgan fingerprint density at radius 2 is 2.31 bits per heavy atom. The van der Waals surface area contributed by atoms with E-state index in [1.54, 1.807) is 0 Å². The fraction of sp³-hybridized carbons (Fsp3) is 0.429. The number of methoxy groups -OCH3 is 1. The van der Waals surface area contributed by atoms with Gasteiger partial charge in [-0.3, -0.25) is 0 Å². The van der Waals surface area contributed by atoms with E-state index in [4.69, 9.17) is 26.2 Å². The molecule has 0 unspecified atom stereocenters. The van der Waals surface area contributed by atoms with E-state index in [-0.39, 0.29) is 30.0 Å². The van der Waals surface area contributed by atoms with Gasteiger partial charge in [0.2, 0.25) is 5.75 Å². The fourth-order valence-electron chi connectivity index (χ4n) is 0.754. The van der Waals surface area contributed by atoms with Gasteiger partial charge in [0, 0.05) is 0 Å². The SMILES string of the molecule is COc1c(Cl)ncnc1OCCO. The number of aromatic nitrogens is 2. The van der Waals surface area contributed by atoms with Crippen molar-refractivity contribution in [3.05, 3.63) is 11.5 Å². The Hall–Kier alpha value is -1.07. The summed E-state index contributed by atoms with van der Waals surface area (Å²) in [7, 11) is 1.44. The molecule has 1 N–H and O–H groups in total. The molecule has 1 rings (SSSR count). The van der Waals surface area contributed by atoms with Gasteiger partial charge >= 0.3 is 0 Å². The third-order valence-corrected chi connectivity index (χ3v) is 1.53. The lowest BCUT2D eigenvalue weighted by atomic mass is 10.5. The largest absolute Gasteiger partial charge is 0.489 e. The topological polar surface area (TPSA) is 64.5 Å². The molecule has 0 spiro atoms. The summed E-state index contributed by atoms with van der Waals surface area (Å²) >= 11 is 5.69. The number of aliphatic hydroxyl groups is 1. The van der Waals surface area contributed by atoms with Crippen molar-refractivity contribution in [2.24, 2.45) is 0 Å². The standard InChI is InChI=1S/C7H9ClN2O3/c1-12-5-6(8)9-4-10-7(5)13-3-2-11/h4,11H,2-3H2,1H3. The van der Waals surface area contributed by atoms with Crippen LogP contribution in [0.25, 0.3) is 0 Å². The monoisotopic (exact) mass is 204 g/mol. The van der Waals surface area contributed by atoms with E-state index in [9.17, 15) is 0 Å². The zero-order valence-corrected chi connectivity index (χ0v) is 7.78. The molecular weight excluding hydrogens is 196 g/mol. The molecule has 0 aromatic carbocycles. The van der Waals surface area contributed by atoms with Crippen LogP contribution in [0.15, 0.2) is 6.33 Å². The van der Waals surface area contributed by atoms with Crippen LogP contribution in [0.1, 0.15) is 0 Å². The van der Waals surface area contributed by atoms with Gasteiger partial charge in [-0.25, -0.2) is 4.98 Å². The Kier molecular flexibility index (Phi) is 3.72. The maximum Gasteiger partial charge on any atom is 0.261 e. The number of hydrogen-bond donors (Lipinski definition) is 1. The van der Waals surface area contributed by atoms with Crippen molar-refractivity contribution in [2.75, 3.05) is 20.3 Å². The van der Waals surface area contributed by atoms with Crippen LogP contribution in [0.2, 0.25) is 5.15 Å². The van der Waals surface area contributed by atoms with Gasteiger partial charge in [0.25, 0.3) is 5.88 Å². The first-order valence-corrected chi connectivity index (χ1v) is 3.95. The molecule has 0 saturated heterocycles. The number of aliphatic hydroxyl groups excluding tert-OH is 1. The highest BCUT2D eigenvalue weighted by atomic mass is 35.5. The minimum absolute atomic E-state index is 0.0925. The molecule has 0 bridgehead atoms. The Bertz CT molecular complexity index is 282. The highest BCUT2D eigenvalue weighted by Crippen LogP contribution is 2.29. The maximum atomic E-state index is 8.52. The number of hydrogen-bond acceptors (Lipinski definition) is 5. The second kappa shape index (κ2) is 4.84. The third-order valence-electron chi connectivity index (χ3n) is 1.26. The normalized spacial score (nSPS) is 9.77. The molecule has 0 aliphatic rings. The molecule has 1 heterocycles. The molecule has 1 aromatic rings. The first-order chi connectivity index (χ1) is 6.29. The Morgan fingerprint density at radius 1 is 1.54 bits per heavy atom. The number of nitrogens with zero attached hydrogens (tertiary/aromatic N) is 2. The molecule has 0 radical (unpaired) electrons. The van der Waals surface area contributed by atoms with Crippen LogP contribution in [0.4, 0.5) is 0 Å². The summed E-state index contributed by atoms with van der Waals surface area (Å²) in [4.78, 5) is 7.50. The highest BCUT2D eigenvalue weighted by molar-refractivity contribution is 6.31. The van der Waals surface area contributed by atoms with Crippen LogP contribution in [0.3, 0.4) is 0 Å².